The van der Waals surface area contributed by atoms with Gasteiger partial charge in [0.2, 0.25) is 0 Å². The maximum Gasteiger partial charge on any atom is 0.251 e. The highest BCUT2D eigenvalue weighted by molar-refractivity contribution is 5.95. The summed E-state index contributed by atoms with van der Waals surface area (Å²) in [4.78, 5) is 14.3. The number of anilines is 1. The predicted octanol–water partition coefficient (Wildman–Crippen LogP) is 2.43. The molecule has 1 aliphatic rings. The fourth-order valence-corrected chi connectivity index (χ4v) is 2.99. The highest BCUT2D eigenvalue weighted by Crippen LogP contribution is 2.35. The van der Waals surface area contributed by atoms with Gasteiger partial charge < -0.3 is 15.3 Å². The van der Waals surface area contributed by atoms with Crippen molar-refractivity contribution in [1.29, 1.82) is 0 Å². The van der Waals surface area contributed by atoms with Crippen LogP contribution in [0.5, 0.6) is 0 Å². The Hall–Kier alpha value is -1.55. The molecule has 1 aliphatic carbocycles. The second kappa shape index (κ2) is 6.94. The first-order valence-electron chi connectivity index (χ1n) is 7.73. The molecule has 4 nitrogen and oxygen atoms in total. The summed E-state index contributed by atoms with van der Waals surface area (Å²) in [5.74, 6) is -0.0582. The first kappa shape index (κ1) is 15.8. The molecule has 0 aliphatic heterocycles. The Balaban J connectivity index is 1.99. The SMILES string of the molecule is CN(C)c1cccc(C(=O)NCC2(CO)CCCCC2)c1. The molecule has 4 heteroatoms. The van der Waals surface area contributed by atoms with Crippen LogP contribution in [0.4, 0.5) is 5.69 Å². The molecule has 21 heavy (non-hydrogen) atoms. The summed E-state index contributed by atoms with van der Waals surface area (Å²) in [6.45, 7) is 0.722. The van der Waals surface area contributed by atoms with Gasteiger partial charge in [-0.3, -0.25) is 4.79 Å². The fourth-order valence-electron chi connectivity index (χ4n) is 2.99. The number of rotatable bonds is 5. The zero-order chi connectivity index (χ0) is 15.3. The first-order chi connectivity index (χ1) is 10.1. The summed E-state index contributed by atoms with van der Waals surface area (Å²) in [5.41, 5.74) is 1.56. The Morgan fingerprint density at radius 1 is 1.29 bits per heavy atom. The highest BCUT2D eigenvalue weighted by atomic mass is 16.3. The second-order valence-electron chi connectivity index (χ2n) is 6.35. The molecule has 0 aromatic heterocycles. The Labute approximate surface area is 127 Å². The lowest BCUT2D eigenvalue weighted by molar-refractivity contribution is 0.0718. The molecule has 1 aromatic carbocycles. The van der Waals surface area contributed by atoms with Crippen molar-refractivity contribution in [2.24, 2.45) is 5.41 Å². The summed E-state index contributed by atoms with van der Waals surface area (Å²) in [5, 5.41) is 12.7. The molecular formula is C17H26N2O2. The molecule has 2 N–H and O–H groups in total. The molecule has 116 valence electrons. The minimum atomic E-state index is -0.118. The topological polar surface area (TPSA) is 52.6 Å². The van der Waals surface area contributed by atoms with Gasteiger partial charge in [0, 0.05) is 37.3 Å². The van der Waals surface area contributed by atoms with Crippen molar-refractivity contribution in [2.75, 3.05) is 32.1 Å². The standard InChI is InChI=1S/C17H26N2O2/c1-19(2)15-8-6-7-14(11-15)16(21)18-12-17(13-20)9-4-3-5-10-17/h6-8,11,20H,3-5,9-10,12-13H2,1-2H3,(H,18,21). The molecule has 0 unspecified atom stereocenters. The molecule has 0 spiro atoms. The van der Waals surface area contributed by atoms with E-state index in [1.165, 1.54) is 6.42 Å². The third-order valence-corrected chi connectivity index (χ3v) is 4.50. The van der Waals surface area contributed by atoms with Gasteiger partial charge in [0.15, 0.2) is 0 Å². The van der Waals surface area contributed by atoms with E-state index in [-0.39, 0.29) is 17.9 Å². The molecular weight excluding hydrogens is 264 g/mol. The molecule has 1 fully saturated rings. The molecule has 0 radical (unpaired) electrons. The lowest BCUT2D eigenvalue weighted by Crippen LogP contribution is -2.41. The number of carbonyl (C=O) groups excluding carboxylic acids is 1. The van der Waals surface area contributed by atoms with Gasteiger partial charge in [-0.2, -0.15) is 0 Å². The van der Waals surface area contributed by atoms with Crippen LogP contribution in [-0.4, -0.2) is 38.3 Å². The van der Waals surface area contributed by atoms with Crippen molar-refractivity contribution in [3.05, 3.63) is 29.8 Å². The minimum absolute atomic E-state index is 0.0582. The smallest absolute Gasteiger partial charge is 0.251 e. The van der Waals surface area contributed by atoms with Crippen LogP contribution >= 0.6 is 0 Å². The number of benzene rings is 1. The Kier molecular flexibility index (Phi) is 5.23. The summed E-state index contributed by atoms with van der Waals surface area (Å²) in [6.07, 6.45) is 5.53. The van der Waals surface area contributed by atoms with E-state index in [0.717, 1.165) is 31.4 Å². The lowest BCUT2D eigenvalue weighted by atomic mass is 9.74. The fraction of sp³-hybridized carbons (Fsp3) is 0.588. The number of hydrogen-bond acceptors (Lipinski definition) is 3. The first-order valence-corrected chi connectivity index (χ1v) is 7.73. The number of amides is 1. The monoisotopic (exact) mass is 290 g/mol. The van der Waals surface area contributed by atoms with Gasteiger partial charge in [-0.1, -0.05) is 25.3 Å². The van der Waals surface area contributed by atoms with Gasteiger partial charge >= 0.3 is 0 Å². The van der Waals surface area contributed by atoms with Crippen molar-refractivity contribution < 1.29 is 9.90 Å². The van der Waals surface area contributed by atoms with Crippen LogP contribution in [0.1, 0.15) is 42.5 Å². The Morgan fingerprint density at radius 2 is 2.00 bits per heavy atom. The molecule has 0 heterocycles. The predicted molar refractivity (Wildman–Crippen MR) is 85.7 cm³/mol. The molecule has 0 saturated heterocycles. The van der Waals surface area contributed by atoms with Crippen molar-refractivity contribution in [3.63, 3.8) is 0 Å². The van der Waals surface area contributed by atoms with E-state index in [1.807, 2.05) is 43.3 Å². The number of hydrogen-bond donors (Lipinski definition) is 2. The third-order valence-electron chi connectivity index (χ3n) is 4.50. The van der Waals surface area contributed by atoms with E-state index in [4.69, 9.17) is 0 Å². The van der Waals surface area contributed by atoms with Gasteiger partial charge in [-0.25, -0.2) is 0 Å². The average Bonchev–Trinajstić information content (AvgIpc) is 2.53. The van der Waals surface area contributed by atoms with Crippen molar-refractivity contribution in [2.45, 2.75) is 32.1 Å². The van der Waals surface area contributed by atoms with E-state index >= 15 is 0 Å². The Morgan fingerprint density at radius 3 is 2.62 bits per heavy atom. The van der Waals surface area contributed by atoms with Gasteiger partial charge in [0.05, 0.1) is 6.61 Å². The largest absolute Gasteiger partial charge is 0.396 e. The third kappa shape index (κ3) is 3.97. The minimum Gasteiger partial charge on any atom is -0.396 e. The summed E-state index contributed by atoms with van der Waals surface area (Å²) in [7, 11) is 3.92. The van der Waals surface area contributed by atoms with Crippen molar-refractivity contribution >= 4 is 11.6 Å². The maximum atomic E-state index is 12.3. The quantitative estimate of drug-likeness (QED) is 0.875. The van der Waals surface area contributed by atoms with Crippen molar-refractivity contribution in [3.8, 4) is 0 Å². The average molecular weight is 290 g/mol. The number of carbonyl (C=O) groups is 1. The highest BCUT2D eigenvalue weighted by Gasteiger charge is 2.31. The van der Waals surface area contributed by atoms with Gasteiger partial charge in [-0.05, 0) is 31.0 Å². The molecule has 1 aromatic rings. The van der Waals surface area contributed by atoms with Crippen LogP contribution in [0.25, 0.3) is 0 Å². The van der Waals surface area contributed by atoms with Gasteiger partial charge in [0.25, 0.3) is 5.91 Å². The van der Waals surface area contributed by atoms with Crippen LogP contribution in [0.2, 0.25) is 0 Å². The van der Waals surface area contributed by atoms with E-state index < -0.39 is 0 Å². The normalized spacial score (nSPS) is 17.3. The van der Waals surface area contributed by atoms with Crippen LogP contribution in [-0.2, 0) is 0 Å². The summed E-state index contributed by atoms with van der Waals surface area (Å²) in [6, 6.07) is 7.59. The zero-order valence-electron chi connectivity index (χ0n) is 13.1. The Bertz CT molecular complexity index is 479. The maximum absolute atomic E-state index is 12.3. The molecule has 0 atom stereocenters. The number of aliphatic hydroxyl groups is 1. The van der Waals surface area contributed by atoms with Crippen LogP contribution in [0.15, 0.2) is 24.3 Å². The van der Waals surface area contributed by atoms with E-state index in [9.17, 15) is 9.90 Å². The van der Waals surface area contributed by atoms with E-state index in [1.54, 1.807) is 0 Å². The van der Waals surface area contributed by atoms with Gasteiger partial charge in [-0.15, -0.1) is 0 Å². The van der Waals surface area contributed by atoms with Crippen LogP contribution < -0.4 is 10.2 Å². The second-order valence-corrected chi connectivity index (χ2v) is 6.35. The van der Waals surface area contributed by atoms with E-state index in [2.05, 4.69) is 5.32 Å². The molecule has 1 saturated carbocycles. The van der Waals surface area contributed by atoms with Crippen LogP contribution in [0, 0.1) is 5.41 Å². The molecule has 2 rings (SSSR count). The van der Waals surface area contributed by atoms with Crippen LogP contribution in [0.3, 0.4) is 0 Å². The lowest BCUT2D eigenvalue weighted by Gasteiger charge is -2.35. The number of aliphatic hydroxyl groups excluding tert-OH is 1. The summed E-state index contributed by atoms with van der Waals surface area (Å²) < 4.78 is 0. The van der Waals surface area contributed by atoms with E-state index in [0.29, 0.717) is 12.1 Å². The molecule has 1 amide bonds. The number of nitrogens with one attached hydrogen (secondary N) is 1. The number of nitrogens with zero attached hydrogens (tertiary/aromatic N) is 1. The van der Waals surface area contributed by atoms with Gasteiger partial charge in [0.1, 0.15) is 0 Å². The molecule has 0 bridgehead atoms. The summed E-state index contributed by atoms with van der Waals surface area (Å²) >= 11 is 0. The van der Waals surface area contributed by atoms with Crippen molar-refractivity contribution in [1.82, 2.24) is 5.32 Å². The zero-order valence-corrected chi connectivity index (χ0v) is 13.1.